The number of hydrogen-bond donors (Lipinski definition) is 2. The summed E-state index contributed by atoms with van der Waals surface area (Å²) < 4.78 is 1.53. The number of hydrogen-bond acceptors (Lipinski definition) is 4. The van der Waals surface area contributed by atoms with E-state index in [9.17, 15) is 14.7 Å². The Labute approximate surface area is 166 Å². The fourth-order valence-corrected chi connectivity index (χ4v) is 4.40. The van der Waals surface area contributed by atoms with Crippen LogP contribution in [0.1, 0.15) is 54.0 Å². The molecule has 1 aliphatic carbocycles. The van der Waals surface area contributed by atoms with Crippen molar-refractivity contribution in [3.8, 4) is 5.75 Å². The van der Waals surface area contributed by atoms with Crippen LogP contribution in [0, 0.1) is 0 Å². The third kappa shape index (κ3) is 3.11. The molecular weight excluding hydrogens is 389 g/mol. The molecule has 1 spiro atoms. The van der Waals surface area contributed by atoms with Gasteiger partial charge in [0, 0.05) is 28.5 Å². The van der Waals surface area contributed by atoms with Crippen molar-refractivity contribution in [2.45, 2.75) is 50.6 Å². The van der Waals surface area contributed by atoms with Gasteiger partial charge in [-0.25, -0.2) is 4.98 Å². The van der Waals surface area contributed by atoms with Gasteiger partial charge >= 0.3 is 0 Å². The van der Waals surface area contributed by atoms with E-state index in [0.29, 0.717) is 28.0 Å². The van der Waals surface area contributed by atoms with Gasteiger partial charge in [0.15, 0.2) is 5.69 Å². The van der Waals surface area contributed by atoms with Crippen LogP contribution in [0.4, 0.5) is 0 Å². The number of nitrogens with zero attached hydrogens (tertiary/aromatic N) is 2. The number of amides is 1. The van der Waals surface area contributed by atoms with E-state index in [1.165, 1.54) is 4.57 Å². The number of halogens is 2. The second-order valence-corrected chi connectivity index (χ2v) is 8.09. The Bertz CT molecular complexity index is 983. The van der Waals surface area contributed by atoms with Gasteiger partial charge in [0.25, 0.3) is 11.5 Å². The standard InChI is InChI=1S/C19H19Cl2N3O3/c20-12-3-4-13(21)11(9-12)10-22-16(26)14-15(25)17(27)24-8-2-7-19(5-1-6-19)18(24)23-14/h3-4,9,25H,1-2,5-8,10H2,(H,22,26). The van der Waals surface area contributed by atoms with Crippen molar-refractivity contribution in [3.05, 3.63) is 55.7 Å². The van der Waals surface area contributed by atoms with E-state index in [0.717, 1.165) is 32.1 Å². The summed E-state index contributed by atoms with van der Waals surface area (Å²) in [5, 5.41) is 13.9. The van der Waals surface area contributed by atoms with Gasteiger partial charge in [-0.15, -0.1) is 0 Å². The smallest absolute Gasteiger partial charge is 0.296 e. The maximum absolute atomic E-state index is 12.6. The van der Waals surface area contributed by atoms with Crippen LogP contribution < -0.4 is 10.9 Å². The Morgan fingerprint density at radius 1 is 1.26 bits per heavy atom. The summed E-state index contributed by atoms with van der Waals surface area (Å²) in [5.41, 5.74) is -0.257. The molecule has 142 valence electrons. The highest BCUT2D eigenvalue weighted by Gasteiger charge is 2.44. The molecule has 4 rings (SSSR count). The molecule has 6 nitrogen and oxygen atoms in total. The molecule has 1 aromatic heterocycles. The Kier molecular flexibility index (Phi) is 4.64. The second-order valence-electron chi connectivity index (χ2n) is 7.25. The van der Waals surface area contributed by atoms with E-state index in [4.69, 9.17) is 23.2 Å². The molecule has 1 aromatic carbocycles. The van der Waals surface area contributed by atoms with E-state index in [1.54, 1.807) is 18.2 Å². The molecule has 1 amide bonds. The first-order valence-corrected chi connectivity index (χ1v) is 9.73. The van der Waals surface area contributed by atoms with E-state index < -0.39 is 17.2 Å². The van der Waals surface area contributed by atoms with Gasteiger partial charge in [-0.2, -0.15) is 0 Å². The molecule has 2 heterocycles. The van der Waals surface area contributed by atoms with Crippen molar-refractivity contribution in [2.75, 3.05) is 0 Å². The van der Waals surface area contributed by atoms with Crippen molar-refractivity contribution < 1.29 is 9.90 Å². The van der Waals surface area contributed by atoms with Crippen LogP contribution in [-0.4, -0.2) is 20.6 Å². The molecule has 1 fully saturated rings. The third-order valence-corrected chi connectivity index (χ3v) is 6.23. The quantitative estimate of drug-likeness (QED) is 0.816. The van der Waals surface area contributed by atoms with Crippen LogP contribution in [0.15, 0.2) is 23.0 Å². The van der Waals surface area contributed by atoms with Crippen LogP contribution in [0.3, 0.4) is 0 Å². The van der Waals surface area contributed by atoms with Gasteiger partial charge in [-0.05, 0) is 49.4 Å². The Morgan fingerprint density at radius 2 is 2.00 bits per heavy atom. The Hall–Kier alpha value is -2.05. The van der Waals surface area contributed by atoms with Gasteiger partial charge in [0.05, 0.1) is 0 Å². The van der Waals surface area contributed by atoms with Crippen molar-refractivity contribution >= 4 is 29.1 Å². The number of aromatic hydroxyl groups is 1. The zero-order valence-electron chi connectivity index (χ0n) is 14.6. The highest BCUT2D eigenvalue weighted by Crippen LogP contribution is 2.48. The molecule has 0 unspecified atom stereocenters. The van der Waals surface area contributed by atoms with E-state index in [1.807, 2.05) is 0 Å². The van der Waals surface area contributed by atoms with Crippen LogP contribution in [-0.2, 0) is 18.5 Å². The lowest BCUT2D eigenvalue weighted by Gasteiger charge is -2.45. The average molecular weight is 408 g/mol. The largest absolute Gasteiger partial charge is 0.501 e. The summed E-state index contributed by atoms with van der Waals surface area (Å²) in [4.78, 5) is 29.7. The normalized spacial score (nSPS) is 17.3. The highest BCUT2D eigenvalue weighted by atomic mass is 35.5. The Morgan fingerprint density at radius 3 is 2.70 bits per heavy atom. The molecule has 2 N–H and O–H groups in total. The first-order valence-electron chi connectivity index (χ1n) is 8.98. The summed E-state index contributed by atoms with van der Waals surface area (Å²) >= 11 is 12.1. The average Bonchev–Trinajstić information content (AvgIpc) is 2.63. The number of rotatable bonds is 3. The van der Waals surface area contributed by atoms with Crippen LogP contribution in [0.25, 0.3) is 0 Å². The number of carbonyl (C=O) groups is 1. The number of aromatic nitrogens is 2. The van der Waals surface area contributed by atoms with Gasteiger partial charge in [-0.1, -0.05) is 29.6 Å². The fraction of sp³-hybridized carbons (Fsp3) is 0.421. The van der Waals surface area contributed by atoms with E-state index >= 15 is 0 Å². The minimum absolute atomic E-state index is 0.114. The molecule has 27 heavy (non-hydrogen) atoms. The summed E-state index contributed by atoms with van der Waals surface area (Å²) in [7, 11) is 0. The van der Waals surface area contributed by atoms with Crippen molar-refractivity contribution in [1.29, 1.82) is 0 Å². The van der Waals surface area contributed by atoms with Gasteiger partial charge in [0.1, 0.15) is 5.82 Å². The molecule has 1 aliphatic heterocycles. The number of nitrogens with one attached hydrogen (secondary N) is 1. The Balaban J connectivity index is 1.64. The molecule has 0 saturated heterocycles. The number of benzene rings is 1. The van der Waals surface area contributed by atoms with Crippen LogP contribution >= 0.6 is 23.2 Å². The number of fused-ring (bicyclic) bond motifs is 2. The molecule has 2 aliphatic rings. The third-order valence-electron chi connectivity index (χ3n) is 5.63. The van der Waals surface area contributed by atoms with Gasteiger partial charge in [0.2, 0.25) is 5.75 Å². The molecule has 2 aromatic rings. The summed E-state index contributed by atoms with van der Waals surface area (Å²) in [6.07, 6.45) is 4.86. The maximum Gasteiger partial charge on any atom is 0.296 e. The highest BCUT2D eigenvalue weighted by molar-refractivity contribution is 6.33. The van der Waals surface area contributed by atoms with Gasteiger partial charge in [-0.3, -0.25) is 14.2 Å². The zero-order chi connectivity index (χ0) is 19.2. The summed E-state index contributed by atoms with van der Waals surface area (Å²) in [6.45, 7) is 0.638. The monoisotopic (exact) mass is 407 g/mol. The molecule has 1 saturated carbocycles. The summed E-state index contributed by atoms with van der Waals surface area (Å²) in [6, 6.07) is 4.96. The predicted octanol–water partition coefficient (Wildman–Crippen LogP) is 3.40. The van der Waals surface area contributed by atoms with E-state index in [-0.39, 0.29) is 17.7 Å². The minimum Gasteiger partial charge on any atom is -0.501 e. The molecule has 0 bridgehead atoms. The fourth-order valence-electron chi connectivity index (χ4n) is 4.02. The zero-order valence-corrected chi connectivity index (χ0v) is 16.1. The lowest BCUT2D eigenvalue weighted by atomic mass is 9.64. The minimum atomic E-state index is -0.607. The topological polar surface area (TPSA) is 84.2 Å². The molecular formula is C19H19Cl2N3O3. The van der Waals surface area contributed by atoms with Crippen LogP contribution in [0.2, 0.25) is 10.0 Å². The van der Waals surface area contributed by atoms with Crippen molar-refractivity contribution in [1.82, 2.24) is 14.9 Å². The van der Waals surface area contributed by atoms with Gasteiger partial charge < -0.3 is 10.4 Å². The predicted molar refractivity (Wildman–Crippen MR) is 103 cm³/mol. The second kappa shape index (κ2) is 6.84. The molecule has 8 heteroatoms. The van der Waals surface area contributed by atoms with Crippen molar-refractivity contribution in [3.63, 3.8) is 0 Å². The molecule has 0 atom stereocenters. The molecule has 0 radical (unpaired) electrons. The lowest BCUT2D eigenvalue weighted by Crippen LogP contribution is -2.45. The van der Waals surface area contributed by atoms with Crippen LogP contribution in [0.5, 0.6) is 5.75 Å². The number of carbonyl (C=O) groups excluding carboxylic acids is 1. The first-order chi connectivity index (χ1) is 12.9. The maximum atomic E-state index is 12.6. The summed E-state index contributed by atoms with van der Waals surface area (Å²) in [5.74, 6) is -0.581. The lowest BCUT2D eigenvalue weighted by molar-refractivity contribution is 0.0938. The van der Waals surface area contributed by atoms with E-state index in [2.05, 4.69) is 10.3 Å². The first kappa shape index (κ1) is 18.3. The SMILES string of the molecule is O=C(NCc1cc(Cl)ccc1Cl)c1nc2n(c(=O)c1O)CCCC21CCC1. The van der Waals surface area contributed by atoms with Crippen molar-refractivity contribution in [2.24, 2.45) is 0 Å².